The summed E-state index contributed by atoms with van der Waals surface area (Å²) in [6.45, 7) is -0.454. The predicted molar refractivity (Wildman–Crippen MR) is 103 cm³/mol. The van der Waals surface area contributed by atoms with Crippen LogP contribution in [0.15, 0.2) is 48.5 Å². The number of hydrogen-bond donors (Lipinski definition) is 2. The molecule has 4 amide bonds. The lowest BCUT2D eigenvalue weighted by atomic mass is 9.92. The van der Waals surface area contributed by atoms with Crippen LogP contribution in [0.3, 0.4) is 0 Å². The Morgan fingerprint density at radius 2 is 1.86 bits per heavy atom. The Morgan fingerprint density at radius 3 is 2.66 bits per heavy atom. The van der Waals surface area contributed by atoms with Crippen molar-refractivity contribution in [3.63, 3.8) is 0 Å². The normalized spacial score (nSPS) is 19.8. The van der Waals surface area contributed by atoms with Crippen molar-refractivity contribution < 1.29 is 23.9 Å². The first-order valence-electron chi connectivity index (χ1n) is 9.16. The highest BCUT2D eigenvalue weighted by molar-refractivity contribution is 6.11. The van der Waals surface area contributed by atoms with Gasteiger partial charge in [-0.2, -0.15) is 0 Å². The smallest absolute Gasteiger partial charge is 0.339 e. The van der Waals surface area contributed by atoms with E-state index in [0.717, 1.165) is 16.0 Å². The summed E-state index contributed by atoms with van der Waals surface area (Å²) >= 11 is 0. The molecule has 2 N–H and O–H groups in total. The van der Waals surface area contributed by atoms with Crippen LogP contribution in [-0.2, 0) is 26.3 Å². The number of aryl methyl sites for hydroxylation is 1. The van der Waals surface area contributed by atoms with Gasteiger partial charge in [0.15, 0.2) is 0 Å². The average molecular weight is 393 g/mol. The number of imide groups is 1. The summed E-state index contributed by atoms with van der Waals surface area (Å²) < 4.78 is 4.70. The maximum atomic E-state index is 13.1. The van der Waals surface area contributed by atoms with Crippen molar-refractivity contribution in [2.24, 2.45) is 0 Å². The van der Waals surface area contributed by atoms with Gasteiger partial charge >= 0.3 is 12.0 Å². The largest absolute Gasteiger partial charge is 0.465 e. The molecule has 4 rings (SSSR count). The number of benzene rings is 2. The second-order valence-corrected chi connectivity index (χ2v) is 6.97. The Balaban J connectivity index is 1.53. The molecule has 1 fully saturated rings. The molecule has 1 aliphatic heterocycles. The molecule has 1 atom stereocenters. The van der Waals surface area contributed by atoms with E-state index < -0.39 is 35.9 Å². The number of carbonyl (C=O) groups is 4. The van der Waals surface area contributed by atoms with Crippen LogP contribution < -0.4 is 10.6 Å². The van der Waals surface area contributed by atoms with E-state index in [1.165, 1.54) is 13.2 Å². The van der Waals surface area contributed by atoms with Gasteiger partial charge in [-0.15, -0.1) is 0 Å². The quantitative estimate of drug-likeness (QED) is 0.609. The van der Waals surface area contributed by atoms with E-state index in [9.17, 15) is 19.2 Å². The fourth-order valence-corrected chi connectivity index (χ4v) is 3.95. The van der Waals surface area contributed by atoms with Gasteiger partial charge in [-0.05, 0) is 36.1 Å². The zero-order chi connectivity index (χ0) is 20.6. The first kappa shape index (κ1) is 18.7. The van der Waals surface area contributed by atoms with Gasteiger partial charge in [-0.1, -0.05) is 36.4 Å². The van der Waals surface area contributed by atoms with Crippen LogP contribution in [0.1, 0.15) is 27.9 Å². The minimum Gasteiger partial charge on any atom is -0.465 e. The van der Waals surface area contributed by atoms with Gasteiger partial charge in [0.05, 0.1) is 18.4 Å². The van der Waals surface area contributed by atoms with Crippen LogP contribution in [0.2, 0.25) is 0 Å². The van der Waals surface area contributed by atoms with E-state index in [2.05, 4.69) is 10.6 Å². The molecule has 0 unspecified atom stereocenters. The third-order valence-electron chi connectivity index (χ3n) is 5.33. The molecule has 1 aliphatic carbocycles. The minimum absolute atomic E-state index is 0.182. The van der Waals surface area contributed by atoms with Gasteiger partial charge in [0, 0.05) is 0 Å². The maximum Gasteiger partial charge on any atom is 0.339 e. The Kier molecular flexibility index (Phi) is 4.54. The van der Waals surface area contributed by atoms with Crippen LogP contribution >= 0.6 is 0 Å². The number of para-hydroxylation sites is 1. The SMILES string of the molecule is COC(=O)c1ccccc1NC(=O)CN1C(=O)N[C@]2(CCc3ccccc32)C1=O. The molecule has 0 aromatic heterocycles. The summed E-state index contributed by atoms with van der Waals surface area (Å²) in [5.74, 6) is -1.63. The molecule has 29 heavy (non-hydrogen) atoms. The number of ether oxygens (including phenoxy) is 1. The van der Waals surface area contributed by atoms with Crippen LogP contribution in [0, 0.1) is 0 Å². The number of methoxy groups -OCH3 is 1. The minimum atomic E-state index is -1.11. The third-order valence-corrected chi connectivity index (χ3v) is 5.33. The molecule has 1 saturated heterocycles. The van der Waals surface area contributed by atoms with Crippen molar-refractivity contribution in [1.82, 2.24) is 10.2 Å². The molecule has 0 radical (unpaired) electrons. The van der Waals surface area contributed by atoms with Crippen molar-refractivity contribution in [1.29, 1.82) is 0 Å². The number of anilines is 1. The van der Waals surface area contributed by atoms with Crippen molar-refractivity contribution in [2.45, 2.75) is 18.4 Å². The molecule has 8 nitrogen and oxygen atoms in total. The summed E-state index contributed by atoms with van der Waals surface area (Å²) in [6, 6.07) is 13.2. The maximum absolute atomic E-state index is 13.1. The lowest BCUT2D eigenvalue weighted by Crippen LogP contribution is -2.43. The molecule has 2 aromatic rings. The van der Waals surface area contributed by atoms with Crippen molar-refractivity contribution in [3.8, 4) is 0 Å². The molecular formula is C21H19N3O5. The molecule has 1 heterocycles. The second-order valence-electron chi connectivity index (χ2n) is 6.97. The number of carbonyl (C=O) groups excluding carboxylic acids is 4. The molecule has 148 valence electrons. The van der Waals surface area contributed by atoms with Gasteiger partial charge in [0.2, 0.25) is 5.91 Å². The number of fused-ring (bicyclic) bond motifs is 2. The third kappa shape index (κ3) is 3.02. The lowest BCUT2D eigenvalue weighted by Gasteiger charge is -2.22. The molecule has 2 aliphatic rings. The van der Waals surface area contributed by atoms with Crippen LogP contribution in [-0.4, -0.2) is 42.4 Å². The zero-order valence-electron chi connectivity index (χ0n) is 15.7. The number of nitrogens with zero attached hydrogens (tertiary/aromatic N) is 1. The van der Waals surface area contributed by atoms with E-state index in [-0.39, 0.29) is 11.3 Å². The molecule has 0 bridgehead atoms. The van der Waals surface area contributed by atoms with Gasteiger partial charge < -0.3 is 15.4 Å². The summed E-state index contributed by atoms with van der Waals surface area (Å²) in [7, 11) is 1.24. The number of amides is 4. The van der Waals surface area contributed by atoms with E-state index in [1.807, 2.05) is 24.3 Å². The van der Waals surface area contributed by atoms with Gasteiger partial charge in [-0.3, -0.25) is 14.5 Å². The van der Waals surface area contributed by atoms with Crippen molar-refractivity contribution >= 4 is 29.5 Å². The fraction of sp³-hybridized carbons (Fsp3) is 0.238. The summed E-state index contributed by atoms with van der Waals surface area (Å²) in [6.07, 6.45) is 1.13. The predicted octanol–water partition coefficient (Wildman–Crippen LogP) is 1.81. The molecule has 8 heteroatoms. The number of urea groups is 1. The van der Waals surface area contributed by atoms with Crippen molar-refractivity contribution in [2.75, 3.05) is 19.0 Å². The zero-order valence-corrected chi connectivity index (χ0v) is 15.7. The topological polar surface area (TPSA) is 105 Å². The molecule has 0 saturated carbocycles. The van der Waals surface area contributed by atoms with E-state index in [1.54, 1.807) is 18.2 Å². The fourth-order valence-electron chi connectivity index (χ4n) is 3.95. The van der Waals surface area contributed by atoms with Gasteiger partial charge in [-0.25, -0.2) is 9.59 Å². The van der Waals surface area contributed by atoms with Crippen molar-refractivity contribution in [3.05, 3.63) is 65.2 Å². The second kappa shape index (κ2) is 7.05. The van der Waals surface area contributed by atoms with E-state index in [4.69, 9.17) is 4.74 Å². The molecular weight excluding hydrogens is 374 g/mol. The molecule has 2 aromatic carbocycles. The first-order chi connectivity index (χ1) is 14.0. The summed E-state index contributed by atoms with van der Waals surface area (Å²) in [5, 5.41) is 5.35. The van der Waals surface area contributed by atoms with Gasteiger partial charge in [0.25, 0.3) is 5.91 Å². The molecule has 1 spiro atoms. The van der Waals surface area contributed by atoms with Crippen LogP contribution in [0.25, 0.3) is 0 Å². The Bertz CT molecular complexity index is 1030. The van der Waals surface area contributed by atoms with Crippen LogP contribution in [0.5, 0.6) is 0 Å². The highest BCUT2D eigenvalue weighted by Gasteiger charge is 2.55. The highest BCUT2D eigenvalue weighted by atomic mass is 16.5. The van der Waals surface area contributed by atoms with Crippen LogP contribution in [0.4, 0.5) is 10.5 Å². The average Bonchev–Trinajstić information content (AvgIpc) is 3.21. The monoisotopic (exact) mass is 393 g/mol. The summed E-state index contributed by atoms with van der Waals surface area (Å²) in [5.41, 5.74) is 1.11. The standard InChI is InChI=1S/C21H19N3O5/c1-29-18(26)14-7-3-5-9-16(14)22-17(25)12-24-19(27)21(23-20(24)28)11-10-13-6-2-4-8-15(13)21/h2-9H,10-12H2,1H3,(H,22,25)(H,23,28)/t21-/m0/s1. The number of nitrogens with one attached hydrogen (secondary N) is 2. The highest BCUT2D eigenvalue weighted by Crippen LogP contribution is 2.41. The first-order valence-corrected chi connectivity index (χ1v) is 9.16. The lowest BCUT2D eigenvalue weighted by molar-refractivity contribution is -0.134. The van der Waals surface area contributed by atoms with E-state index in [0.29, 0.717) is 12.8 Å². The Labute approximate surface area is 166 Å². The number of hydrogen-bond acceptors (Lipinski definition) is 5. The van der Waals surface area contributed by atoms with E-state index >= 15 is 0 Å². The van der Waals surface area contributed by atoms with Gasteiger partial charge in [0.1, 0.15) is 12.1 Å². The Hall–Kier alpha value is -3.68. The number of esters is 1. The Morgan fingerprint density at radius 1 is 1.14 bits per heavy atom. The number of rotatable bonds is 4. The summed E-state index contributed by atoms with van der Waals surface area (Å²) in [4.78, 5) is 50.9.